The SMILES string of the molecule is Cc1ccc(S(=O)(=O)[N-][n+]2cccc3ccccc32)cc1. The molecule has 0 aliphatic carbocycles. The van der Waals surface area contributed by atoms with Gasteiger partial charge < -0.3 is 4.83 Å². The molecule has 0 saturated carbocycles. The van der Waals surface area contributed by atoms with Crippen molar-refractivity contribution in [3.8, 4) is 0 Å². The van der Waals surface area contributed by atoms with Crippen molar-refractivity contribution in [3.05, 3.63) is 77.3 Å². The molecule has 0 amide bonds. The summed E-state index contributed by atoms with van der Waals surface area (Å²) in [4.78, 5) is 4.10. The molecule has 0 N–H and O–H groups in total. The summed E-state index contributed by atoms with van der Waals surface area (Å²) in [6.07, 6.45) is 1.63. The maximum Gasteiger partial charge on any atom is 0.208 e. The Labute approximate surface area is 123 Å². The zero-order chi connectivity index (χ0) is 14.9. The van der Waals surface area contributed by atoms with E-state index in [-0.39, 0.29) is 4.90 Å². The summed E-state index contributed by atoms with van der Waals surface area (Å²) in [5.74, 6) is 0. The Bertz CT molecular complexity index is 882. The third-order valence-electron chi connectivity index (χ3n) is 3.20. The molecule has 2 aromatic carbocycles. The molecule has 1 aromatic heterocycles. The quantitative estimate of drug-likeness (QED) is 0.698. The number of sulfonamides is 1. The lowest BCUT2D eigenvalue weighted by Crippen LogP contribution is -2.32. The molecule has 0 unspecified atom stereocenters. The molecule has 0 atom stereocenters. The predicted octanol–water partition coefficient (Wildman–Crippen LogP) is 2.96. The number of pyridine rings is 1. The number of rotatable bonds is 3. The number of hydrogen-bond donors (Lipinski definition) is 0. The number of aromatic nitrogens is 1. The van der Waals surface area contributed by atoms with Crippen LogP contribution in [0.2, 0.25) is 0 Å². The van der Waals surface area contributed by atoms with Crippen LogP contribution < -0.4 is 4.68 Å². The van der Waals surface area contributed by atoms with Gasteiger partial charge in [-0.3, -0.25) is 0 Å². The number of nitrogens with zero attached hydrogens (tertiary/aromatic N) is 2. The number of hydrogen-bond acceptors (Lipinski definition) is 2. The van der Waals surface area contributed by atoms with Crippen LogP contribution in [-0.2, 0) is 10.0 Å². The third-order valence-corrected chi connectivity index (χ3v) is 4.46. The molecule has 21 heavy (non-hydrogen) atoms. The highest BCUT2D eigenvalue weighted by Crippen LogP contribution is 2.17. The Balaban J connectivity index is 2.03. The van der Waals surface area contributed by atoms with Crippen LogP contribution in [-0.4, -0.2) is 8.42 Å². The molecule has 106 valence electrons. The highest BCUT2D eigenvalue weighted by Gasteiger charge is 2.10. The van der Waals surface area contributed by atoms with Crippen molar-refractivity contribution < 1.29 is 13.1 Å². The minimum Gasteiger partial charge on any atom is -0.318 e. The maximum atomic E-state index is 12.4. The molecule has 0 spiro atoms. The van der Waals surface area contributed by atoms with Crippen LogP contribution in [0.4, 0.5) is 0 Å². The largest absolute Gasteiger partial charge is 0.318 e. The zero-order valence-corrected chi connectivity index (χ0v) is 12.3. The van der Waals surface area contributed by atoms with Crippen molar-refractivity contribution in [2.75, 3.05) is 0 Å². The van der Waals surface area contributed by atoms with Gasteiger partial charge in [-0.2, -0.15) is 0 Å². The number of fused-ring (bicyclic) bond motifs is 1. The summed E-state index contributed by atoms with van der Waals surface area (Å²) in [6, 6.07) is 17.9. The summed E-state index contributed by atoms with van der Waals surface area (Å²) in [5.41, 5.74) is 1.75. The Hall–Kier alpha value is -2.40. The smallest absolute Gasteiger partial charge is 0.208 e. The van der Waals surface area contributed by atoms with E-state index < -0.39 is 10.0 Å². The van der Waals surface area contributed by atoms with Crippen molar-refractivity contribution in [3.63, 3.8) is 0 Å². The molecule has 4 nitrogen and oxygen atoms in total. The van der Waals surface area contributed by atoms with Crippen LogP contribution in [0.25, 0.3) is 15.7 Å². The first kappa shape index (κ1) is 13.6. The first-order valence-electron chi connectivity index (χ1n) is 6.51. The van der Waals surface area contributed by atoms with Gasteiger partial charge in [0.2, 0.25) is 5.52 Å². The van der Waals surface area contributed by atoms with Gasteiger partial charge in [0.1, 0.15) is 0 Å². The topological polar surface area (TPSA) is 52.1 Å². The van der Waals surface area contributed by atoms with Crippen molar-refractivity contribution in [2.45, 2.75) is 11.8 Å². The summed E-state index contributed by atoms with van der Waals surface area (Å²) in [5, 5.41) is 0.933. The average Bonchev–Trinajstić information content (AvgIpc) is 2.48. The van der Waals surface area contributed by atoms with E-state index in [9.17, 15) is 8.42 Å². The van der Waals surface area contributed by atoms with Crippen molar-refractivity contribution >= 4 is 20.9 Å². The van der Waals surface area contributed by atoms with Gasteiger partial charge in [-0.15, -0.1) is 0 Å². The van der Waals surface area contributed by atoms with E-state index in [0.717, 1.165) is 16.5 Å². The van der Waals surface area contributed by atoms with E-state index in [1.807, 2.05) is 37.3 Å². The van der Waals surface area contributed by atoms with E-state index in [1.54, 1.807) is 36.5 Å². The third kappa shape index (κ3) is 2.73. The lowest BCUT2D eigenvalue weighted by Gasteiger charge is -2.15. The van der Waals surface area contributed by atoms with E-state index in [4.69, 9.17) is 0 Å². The van der Waals surface area contributed by atoms with E-state index in [0.29, 0.717) is 0 Å². The summed E-state index contributed by atoms with van der Waals surface area (Å²) in [7, 11) is -3.73. The van der Waals surface area contributed by atoms with Crippen molar-refractivity contribution in [1.82, 2.24) is 0 Å². The van der Waals surface area contributed by atoms with Crippen LogP contribution in [0, 0.1) is 6.92 Å². The van der Waals surface area contributed by atoms with Crippen LogP contribution in [0.3, 0.4) is 0 Å². The predicted molar refractivity (Wildman–Crippen MR) is 81.3 cm³/mol. The number of benzene rings is 2. The fourth-order valence-corrected chi connectivity index (χ4v) is 3.04. The minimum absolute atomic E-state index is 0.188. The summed E-state index contributed by atoms with van der Waals surface area (Å²) >= 11 is 0. The molecule has 3 aromatic rings. The molecule has 1 heterocycles. The Morgan fingerprint density at radius 2 is 1.57 bits per heavy atom. The molecule has 0 aliphatic heterocycles. The van der Waals surface area contributed by atoms with Crippen LogP contribution in [0.1, 0.15) is 5.56 Å². The van der Waals surface area contributed by atoms with Gasteiger partial charge in [0, 0.05) is 17.5 Å². The molecule has 0 saturated heterocycles. The Morgan fingerprint density at radius 3 is 2.33 bits per heavy atom. The number of aryl methyl sites for hydroxylation is 1. The fraction of sp³-hybridized carbons (Fsp3) is 0.0625. The molecule has 0 aliphatic rings. The lowest BCUT2D eigenvalue weighted by atomic mass is 10.2. The highest BCUT2D eigenvalue weighted by molar-refractivity contribution is 7.93. The first-order valence-corrected chi connectivity index (χ1v) is 7.95. The summed E-state index contributed by atoms with van der Waals surface area (Å²) < 4.78 is 26.1. The van der Waals surface area contributed by atoms with Crippen molar-refractivity contribution in [2.24, 2.45) is 0 Å². The molecular weight excluding hydrogens is 284 g/mol. The second kappa shape index (κ2) is 5.18. The first-order chi connectivity index (χ1) is 10.1. The molecular formula is C16H14N2O2S. The molecule has 0 fully saturated rings. The molecule has 5 heteroatoms. The highest BCUT2D eigenvalue weighted by atomic mass is 32.2. The Kier molecular flexibility index (Phi) is 3.35. The molecule has 0 radical (unpaired) electrons. The van der Waals surface area contributed by atoms with E-state index >= 15 is 0 Å². The number of para-hydroxylation sites is 1. The second-order valence-corrected chi connectivity index (χ2v) is 6.37. The zero-order valence-electron chi connectivity index (χ0n) is 11.5. The van der Waals surface area contributed by atoms with E-state index in [1.165, 1.54) is 4.68 Å². The van der Waals surface area contributed by atoms with E-state index in [2.05, 4.69) is 4.83 Å². The monoisotopic (exact) mass is 298 g/mol. The second-order valence-electron chi connectivity index (χ2n) is 4.78. The maximum absolute atomic E-state index is 12.4. The van der Waals surface area contributed by atoms with Gasteiger partial charge >= 0.3 is 0 Å². The Morgan fingerprint density at radius 1 is 0.905 bits per heavy atom. The minimum atomic E-state index is -3.73. The van der Waals surface area contributed by atoms with Gasteiger partial charge in [0.15, 0.2) is 16.2 Å². The van der Waals surface area contributed by atoms with Gasteiger partial charge in [-0.05, 0) is 31.2 Å². The van der Waals surface area contributed by atoms with Crippen molar-refractivity contribution in [1.29, 1.82) is 0 Å². The van der Waals surface area contributed by atoms with Gasteiger partial charge in [0.05, 0.1) is 4.90 Å². The van der Waals surface area contributed by atoms with Crippen LogP contribution >= 0.6 is 0 Å². The lowest BCUT2D eigenvalue weighted by molar-refractivity contribution is -0.585. The molecule has 0 bridgehead atoms. The van der Waals surface area contributed by atoms with Gasteiger partial charge in [-0.1, -0.05) is 29.8 Å². The molecule has 3 rings (SSSR count). The average molecular weight is 298 g/mol. The normalized spacial score (nSPS) is 11.5. The van der Waals surface area contributed by atoms with Crippen LogP contribution in [0.5, 0.6) is 0 Å². The van der Waals surface area contributed by atoms with Gasteiger partial charge in [0.25, 0.3) is 0 Å². The standard InChI is InChI=1S/C16H14N2O2S/c1-13-8-10-15(11-9-13)21(19,20)17-18-12-4-6-14-5-2-3-7-16(14)18/h2-12H,1H3. The fourth-order valence-electron chi connectivity index (χ4n) is 2.09. The van der Waals surface area contributed by atoms with Gasteiger partial charge in [-0.25, -0.2) is 13.1 Å². The van der Waals surface area contributed by atoms with Crippen LogP contribution in [0.15, 0.2) is 71.8 Å². The summed E-state index contributed by atoms with van der Waals surface area (Å²) in [6.45, 7) is 1.91.